The number of nitrogens with zero attached hydrogens (tertiary/aromatic N) is 2. The third-order valence-electron chi connectivity index (χ3n) is 3.05. The Labute approximate surface area is 136 Å². The standard InChI is InChI=1S/C16H22ClN3S/c1-16(2,3)18-10-14-13(17)7-8-15(19-14)20(4)11-12-6-5-9-21-12/h5-9,18H,10-11H2,1-4H3. The quantitative estimate of drug-likeness (QED) is 0.888. The normalized spacial score (nSPS) is 11.7. The van der Waals surface area contributed by atoms with Crippen LogP contribution < -0.4 is 10.2 Å². The maximum Gasteiger partial charge on any atom is 0.129 e. The summed E-state index contributed by atoms with van der Waals surface area (Å²) in [5.41, 5.74) is 0.936. The van der Waals surface area contributed by atoms with Gasteiger partial charge in [-0.3, -0.25) is 0 Å². The molecule has 114 valence electrons. The monoisotopic (exact) mass is 323 g/mol. The van der Waals surface area contributed by atoms with Gasteiger partial charge in [0.05, 0.1) is 17.3 Å². The molecule has 2 rings (SSSR count). The molecule has 0 fully saturated rings. The van der Waals surface area contributed by atoms with Gasteiger partial charge in [0.1, 0.15) is 5.82 Å². The fourth-order valence-corrected chi connectivity index (χ4v) is 2.80. The van der Waals surface area contributed by atoms with E-state index >= 15 is 0 Å². The topological polar surface area (TPSA) is 28.2 Å². The zero-order valence-corrected chi connectivity index (χ0v) is 14.6. The first-order valence-electron chi connectivity index (χ1n) is 6.99. The molecule has 0 saturated carbocycles. The smallest absolute Gasteiger partial charge is 0.129 e. The molecule has 0 spiro atoms. The molecule has 0 aromatic carbocycles. The second-order valence-electron chi connectivity index (χ2n) is 6.14. The molecule has 1 N–H and O–H groups in total. The molecule has 0 aliphatic heterocycles. The highest BCUT2D eigenvalue weighted by Crippen LogP contribution is 2.21. The summed E-state index contributed by atoms with van der Waals surface area (Å²) >= 11 is 8.01. The second kappa shape index (κ2) is 6.77. The predicted molar refractivity (Wildman–Crippen MR) is 92.3 cm³/mol. The maximum absolute atomic E-state index is 6.25. The molecule has 0 atom stereocenters. The SMILES string of the molecule is CN(Cc1cccs1)c1ccc(Cl)c(CNC(C)(C)C)n1. The Bertz CT molecular complexity index is 576. The first kappa shape index (κ1) is 16.3. The summed E-state index contributed by atoms with van der Waals surface area (Å²) in [6.45, 7) is 7.93. The molecule has 5 heteroatoms. The number of nitrogens with one attached hydrogen (secondary N) is 1. The summed E-state index contributed by atoms with van der Waals surface area (Å²) in [6.07, 6.45) is 0. The molecule has 2 heterocycles. The highest BCUT2D eigenvalue weighted by atomic mass is 35.5. The van der Waals surface area contributed by atoms with Crippen LogP contribution in [0, 0.1) is 0 Å². The van der Waals surface area contributed by atoms with Crippen molar-refractivity contribution in [3.8, 4) is 0 Å². The molecule has 0 unspecified atom stereocenters. The molecule has 0 saturated heterocycles. The van der Waals surface area contributed by atoms with E-state index in [9.17, 15) is 0 Å². The van der Waals surface area contributed by atoms with Crippen molar-refractivity contribution in [3.05, 3.63) is 45.2 Å². The largest absolute Gasteiger partial charge is 0.355 e. The van der Waals surface area contributed by atoms with Crippen LogP contribution in [0.25, 0.3) is 0 Å². The Morgan fingerprint density at radius 2 is 2.05 bits per heavy atom. The molecule has 2 aromatic rings. The number of aromatic nitrogens is 1. The van der Waals surface area contributed by atoms with E-state index in [-0.39, 0.29) is 5.54 Å². The van der Waals surface area contributed by atoms with Gasteiger partial charge in [0.2, 0.25) is 0 Å². The molecule has 3 nitrogen and oxygen atoms in total. The van der Waals surface area contributed by atoms with Crippen LogP contribution >= 0.6 is 22.9 Å². The summed E-state index contributed by atoms with van der Waals surface area (Å²) in [6, 6.07) is 8.10. The fraction of sp³-hybridized carbons (Fsp3) is 0.438. The molecule has 2 aromatic heterocycles. The number of hydrogen-bond donors (Lipinski definition) is 1. The van der Waals surface area contributed by atoms with Gasteiger partial charge in [0.25, 0.3) is 0 Å². The van der Waals surface area contributed by atoms with Crippen LogP contribution in [0.3, 0.4) is 0 Å². The van der Waals surface area contributed by atoms with E-state index in [1.165, 1.54) is 4.88 Å². The fourth-order valence-electron chi connectivity index (χ4n) is 1.88. The van der Waals surface area contributed by atoms with Crippen molar-refractivity contribution in [1.29, 1.82) is 0 Å². The minimum Gasteiger partial charge on any atom is -0.355 e. The average Bonchev–Trinajstić information content (AvgIpc) is 2.89. The summed E-state index contributed by atoms with van der Waals surface area (Å²) in [4.78, 5) is 8.16. The van der Waals surface area contributed by atoms with Crippen molar-refractivity contribution in [2.75, 3.05) is 11.9 Å². The Morgan fingerprint density at radius 3 is 2.67 bits per heavy atom. The van der Waals surface area contributed by atoms with E-state index in [0.717, 1.165) is 18.1 Å². The molecule has 0 bridgehead atoms. The third-order valence-corrected chi connectivity index (χ3v) is 4.26. The van der Waals surface area contributed by atoms with Crippen molar-refractivity contribution in [1.82, 2.24) is 10.3 Å². The minimum absolute atomic E-state index is 0.0455. The minimum atomic E-state index is 0.0455. The van der Waals surface area contributed by atoms with Gasteiger partial charge < -0.3 is 10.2 Å². The van der Waals surface area contributed by atoms with E-state index in [4.69, 9.17) is 16.6 Å². The molecule has 0 aliphatic rings. The van der Waals surface area contributed by atoms with Gasteiger partial charge in [-0.15, -0.1) is 11.3 Å². The first-order chi connectivity index (χ1) is 9.85. The van der Waals surface area contributed by atoms with E-state index in [0.29, 0.717) is 11.6 Å². The predicted octanol–water partition coefficient (Wildman–Crippen LogP) is 4.32. The van der Waals surface area contributed by atoms with Gasteiger partial charge in [-0.1, -0.05) is 17.7 Å². The number of hydrogen-bond acceptors (Lipinski definition) is 4. The number of rotatable bonds is 5. The van der Waals surface area contributed by atoms with Crippen LogP contribution in [0.1, 0.15) is 31.3 Å². The molecule has 0 radical (unpaired) electrons. The van der Waals surface area contributed by atoms with Crippen LogP contribution in [-0.2, 0) is 13.1 Å². The second-order valence-corrected chi connectivity index (χ2v) is 7.58. The van der Waals surface area contributed by atoms with Gasteiger partial charge >= 0.3 is 0 Å². The van der Waals surface area contributed by atoms with E-state index in [1.54, 1.807) is 11.3 Å². The Morgan fingerprint density at radius 1 is 1.29 bits per heavy atom. The lowest BCUT2D eigenvalue weighted by Gasteiger charge is -2.22. The lowest BCUT2D eigenvalue weighted by molar-refractivity contribution is 0.421. The van der Waals surface area contributed by atoms with Crippen molar-refractivity contribution >= 4 is 28.8 Å². The highest BCUT2D eigenvalue weighted by molar-refractivity contribution is 7.09. The van der Waals surface area contributed by atoms with Crippen molar-refractivity contribution in [2.24, 2.45) is 0 Å². The summed E-state index contributed by atoms with van der Waals surface area (Å²) in [7, 11) is 2.05. The van der Waals surface area contributed by atoms with Crippen LogP contribution in [0.5, 0.6) is 0 Å². The Hall–Kier alpha value is -1.10. The number of pyridine rings is 1. The Kier molecular flexibility index (Phi) is 5.25. The van der Waals surface area contributed by atoms with E-state index in [1.807, 2.05) is 12.1 Å². The van der Waals surface area contributed by atoms with Gasteiger partial charge in [-0.25, -0.2) is 4.98 Å². The van der Waals surface area contributed by atoms with Crippen LogP contribution in [-0.4, -0.2) is 17.6 Å². The number of anilines is 1. The number of thiophene rings is 1. The molecular weight excluding hydrogens is 302 g/mol. The molecule has 0 aliphatic carbocycles. The van der Waals surface area contributed by atoms with Crippen molar-refractivity contribution in [3.63, 3.8) is 0 Å². The van der Waals surface area contributed by atoms with Crippen molar-refractivity contribution in [2.45, 2.75) is 39.4 Å². The summed E-state index contributed by atoms with van der Waals surface area (Å²) in [5, 5.41) is 6.23. The number of halogens is 1. The first-order valence-corrected chi connectivity index (χ1v) is 8.25. The zero-order valence-electron chi connectivity index (χ0n) is 13.0. The third kappa shape index (κ3) is 4.99. The van der Waals surface area contributed by atoms with Gasteiger partial charge in [0, 0.05) is 24.0 Å². The van der Waals surface area contributed by atoms with Crippen LogP contribution in [0.15, 0.2) is 29.6 Å². The lowest BCUT2D eigenvalue weighted by Crippen LogP contribution is -2.35. The lowest BCUT2D eigenvalue weighted by atomic mass is 10.1. The average molecular weight is 324 g/mol. The molecular formula is C16H22ClN3S. The van der Waals surface area contributed by atoms with Crippen molar-refractivity contribution < 1.29 is 0 Å². The molecule has 21 heavy (non-hydrogen) atoms. The highest BCUT2D eigenvalue weighted by Gasteiger charge is 2.12. The zero-order chi connectivity index (χ0) is 15.5. The van der Waals surface area contributed by atoms with Gasteiger partial charge in [0.15, 0.2) is 0 Å². The van der Waals surface area contributed by atoms with Crippen LogP contribution in [0.2, 0.25) is 5.02 Å². The van der Waals surface area contributed by atoms with Gasteiger partial charge in [-0.2, -0.15) is 0 Å². The van der Waals surface area contributed by atoms with E-state index in [2.05, 4.69) is 55.5 Å². The molecule has 0 amide bonds. The summed E-state index contributed by atoms with van der Waals surface area (Å²) in [5.74, 6) is 0.943. The Balaban J connectivity index is 2.10. The summed E-state index contributed by atoms with van der Waals surface area (Å²) < 4.78 is 0. The van der Waals surface area contributed by atoms with E-state index < -0.39 is 0 Å². The van der Waals surface area contributed by atoms with Gasteiger partial charge in [-0.05, 0) is 44.4 Å². The maximum atomic E-state index is 6.25. The van der Waals surface area contributed by atoms with Crippen LogP contribution in [0.4, 0.5) is 5.82 Å².